The predicted octanol–water partition coefficient (Wildman–Crippen LogP) is 3.11. The highest BCUT2D eigenvalue weighted by Crippen LogP contribution is 2.36. The van der Waals surface area contributed by atoms with E-state index in [1.54, 1.807) is 48.5 Å². The van der Waals surface area contributed by atoms with E-state index in [0.29, 0.717) is 0 Å². The molecule has 1 saturated heterocycles. The lowest BCUT2D eigenvalue weighted by atomic mass is 10.1. The van der Waals surface area contributed by atoms with E-state index in [1.807, 2.05) is 0 Å². The first kappa shape index (κ1) is 22.1. The van der Waals surface area contributed by atoms with Crippen molar-refractivity contribution in [3.8, 4) is 0 Å². The molecule has 2 heterocycles. The molecule has 3 aromatic rings. The predicted molar refractivity (Wildman–Crippen MR) is 110 cm³/mol. The highest BCUT2D eigenvalue weighted by molar-refractivity contribution is 5.90. The van der Waals surface area contributed by atoms with Gasteiger partial charge in [0.2, 0.25) is 6.23 Å². The minimum absolute atomic E-state index is 0.182. The number of imidazole rings is 1. The molecular formula is C22H18FN3O7. The van der Waals surface area contributed by atoms with Gasteiger partial charge in [-0.05, 0) is 29.2 Å². The van der Waals surface area contributed by atoms with Crippen LogP contribution >= 0.6 is 0 Å². The fourth-order valence-electron chi connectivity index (χ4n) is 3.42. The molecule has 0 radical (unpaired) electrons. The van der Waals surface area contributed by atoms with Crippen LogP contribution in [0, 0.1) is 10.1 Å². The number of nitrogens with zero attached hydrogens (tertiary/aromatic N) is 3. The Bertz CT molecular complexity index is 1140. The van der Waals surface area contributed by atoms with Crippen molar-refractivity contribution in [2.75, 3.05) is 6.61 Å². The third-order valence-electron chi connectivity index (χ3n) is 4.99. The molecule has 33 heavy (non-hydrogen) atoms. The van der Waals surface area contributed by atoms with E-state index in [1.165, 1.54) is 18.3 Å². The zero-order valence-corrected chi connectivity index (χ0v) is 17.0. The fourth-order valence-corrected chi connectivity index (χ4v) is 3.42. The topological polar surface area (TPSA) is 123 Å². The van der Waals surface area contributed by atoms with Crippen molar-refractivity contribution >= 4 is 17.9 Å². The van der Waals surface area contributed by atoms with Crippen molar-refractivity contribution < 1.29 is 33.1 Å². The summed E-state index contributed by atoms with van der Waals surface area (Å²) in [6, 6.07) is 16.0. The minimum Gasteiger partial charge on any atom is -0.459 e. The highest BCUT2D eigenvalue weighted by Gasteiger charge is 2.52. The number of nitro groups is 1. The Morgan fingerprint density at radius 2 is 1.67 bits per heavy atom. The lowest BCUT2D eigenvalue weighted by Crippen LogP contribution is -2.37. The largest absolute Gasteiger partial charge is 0.459 e. The maximum atomic E-state index is 15.4. The molecule has 4 atom stereocenters. The minimum atomic E-state index is -1.99. The van der Waals surface area contributed by atoms with Gasteiger partial charge in [0, 0.05) is 0 Å². The Hall–Kier alpha value is -4.12. The van der Waals surface area contributed by atoms with Gasteiger partial charge in [-0.2, -0.15) is 4.57 Å². The van der Waals surface area contributed by atoms with E-state index in [-0.39, 0.29) is 11.1 Å². The van der Waals surface area contributed by atoms with Crippen LogP contribution in [0.3, 0.4) is 0 Å². The van der Waals surface area contributed by atoms with Crippen molar-refractivity contribution in [1.82, 2.24) is 9.55 Å². The van der Waals surface area contributed by atoms with Crippen molar-refractivity contribution in [3.05, 3.63) is 94.3 Å². The maximum Gasteiger partial charge on any atom is 0.436 e. The van der Waals surface area contributed by atoms with Gasteiger partial charge in [0.15, 0.2) is 12.3 Å². The Morgan fingerprint density at radius 1 is 1.06 bits per heavy atom. The van der Waals surface area contributed by atoms with Crippen molar-refractivity contribution in [2.24, 2.45) is 0 Å². The molecule has 0 aliphatic carbocycles. The number of carbonyl (C=O) groups is 2. The second-order valence-electron chi connectivity index (χ2n) is 7.10. The van der Waals surface area contributed by atoms with Crippen LogP contribution in [-0.2, 0) is 14.2 Å². The van der Waals surface area contributed by atoms with Gasteiger partial charge in [-0.25, -0.2) is 14.0 Å². The van der Waals surface area contributed by atoms with Crippen LogP contribution in [0.15, 0.2) is 73.1 Å². The molecule has 0 spiro atoms. The Kier molecular flexibility index (Phi) is 6.41. The standard InChI is InChI=1S/C22H18FN3O7/c23-17-18(33-21(28)15-9-5-2-6-10-15)16(13-31-20(27)14-7-3-1-4-8-14)32-19(17)25-12-11-24-22(25)26(29)30/h1-12,16-19H,13H2/t16-,17-,18-,19+/m1/s1. The molecule has 0 N–H and O–H groups in total. The molecule has 4 rings (SSSR count). The van der Waals surface area contributed by atoms with Gasteiger partial charge in [-0.3, -0.25) is 0 Å². The second-order valence-corrected chi connectivity index (χ2v) is 7.10. The van der Waals surface area contributed by atoms with E-state index in [0.717, 1.165) is 10.8 Å². The molecule has 1 aliphatic rings. The van der Waals surface area contributed by atoms with E-state index in [4.69, 9.17) is 14.2 Å². The number of halogens is 1. The van der Waals surface area contributed by atoms with Gasteiger partial charge in [-0.1, -0.05) is 41.4 Å². The summed E-state index contributed by atoms with van der Waals surface area (Å²) in [6.07, 6.45) is -3.90. The van der Waals surface area contributed by atoms with Crippen LogP contribution in [0.5, 0.6) is 0 Å². The molecule has 0 saturated carbocycles. The Morgan fingerprint density at radius 3 is 2.27 bits per heavy atom. The summed E-state index contributed by atoms with van der Waals surface area (Å²) in [7, 11) is 0. The van der Waals surface area contributed by atoms with E-state index < -0.39 is 54.0 Å². The number of ether oxygens (including phenoxy) is 3. The summed E-state index contributed by atoms with van der Waals surface area (Å²) in [5.74, 6) is -2.13. The zero-order valence-electron chi connectivity index (χ0n) is 17.0. The summed E-state index contributed by atoms with van der Waals surface area (Å²) in [5, 5.41) is 11.2. The molecule has 2 aromatic carbocycles. The summed E-state index contributed by atoms with van der Waals surface area (Å²) in [5.41, 5.74) is 0.453. The maximum absolute atomic E-state index is 15.4. The van der Waals surface area contributed by atoms with Gasteiger partial charge < -0.3 is 24.3 Å². The number of aromatic nitrogens is 2. The van der Waals surface area contributed by atoms with Crippen LogP contribution in [-0.4, -0.2) is 51.4 Å². The van der Waals surface area contributed by atoms with Crippen molar-refractivity contribution in [1.29, 1.82) is 0 Å². The van der Waals surface area contributed by atoms with Crippen LogP contribution in [0.2, 0.25) is 0 Å². The molecule has 10 nitrogen and oxygen atoms in total. The smallest absolute Gasteiger partial charge is 0.436 e. The van der Waals surface area contributed by atoms with Gasteiger partial charge in [-0.15, -0.1) is 0 Å². The molecular weight excluding hydrogens is 437 g/mol. The summed E-state index contributed by atoms with van der Waals surface area (Å²) >= 11 is 0. The Balaban J connectivity index is 1.55. The molecule has 0 unspecified atom stereocenters. The highest BCUT2D eigenvalue weighted by atomic mass is 19.1. The molecule has 11 heteroatoms. The third-order valence-corrected chi connectivity index (χ3v) is 4.99. The summed E-state index contributed by atoms with van der Waals surface area (Å²) in [6.45, 7) is -0.445. The lowest BCUT2D eigenvalue weighted by molar-refractivity contribution is -0.398. The number of esters is 2. The van der Waals surface area contributed by atoms with E-state index in [9.17, 15) is 19.7 Å². The van der Waals surface area contributed by atoms with Crippen LogP contribution in [0.4, 0.5) is 10.3 Å². The van der Waals surface area contributed by atoms with Gasteiger partial charge in [0.25, 0.3) is 0 Å². The normalized spacial score (nSPS) is 22.0. The third kappa shape index (κ3) is 4.72. The van der Waals surface area contributed by atoms with Crippen LogP contribution in [0.1, 0.15) is 26.9 Å². The van der Waals surface area contributed by atoms with E-state index in [2.05, 4.69) is 4.98 Å². The van der Waals surface area contributed by atoms with E-state index >= 15 is 4.39 Å². The molecule has 170 valence electrons. The number of benzene rings is 2. The van der Waals surface area contributed by atoms with Crippen LogP contribution in [0.25, 0.3) is 0 Å². The first-order valence-electron chi connectivity index (χ1n) is 9.90. The van der Waals surface area contributed by atoms with Crippen molar-refractivity contribution in [3.63, 3.8) is 0 Å². The quantitative estimate of drug-likeness (QED) is 0.303. The second kappa shape index (κ2) is 9.57. The molecule has 1 aromatic heterocycles. The average molecular weight is 455 g/mol. The fraction of sp³-hybridized carbons (Fsp3) is 0.227. The average Bonchev–Trinajstić information content (AvgIpc) is 3.44. The molecule has 1 aliphatic heterocycles. The first-order chi connectivity index (χ1) is 16.0. The summed E-state index contributed by atoms with van der Waals surface area (Å²) in [4.78, 5) is 38.9. The number of alkyl halides is 1. The molecule has 1 fully saturated rings. The van der Waals surface area contributed by atoms with Gasteiger partial charge >= 0.3 is 17.9 Å². The number of rotatable bonds is 7. The number of hydrogen-bond donors (Lipinski definition) is 0. The molecule has 0 bridgehead atoms. The SMILES string of the molecule is O=C(OC[C@H]1O[C@H](n2ccnc2[N+](=O)[O-])[C@H](F)[C@@H]1OC(=O)c1ccccc1)c1ccccc1. The zero-order chi connectivity index (χ0) is 23.4. The Labute approximate surface area is 186 Å². The lowest BCUT2D eigenvalue weighted by Gasteiger charge is -2.19. The molecule has 0 amide bonds. The van der Waals surface area contributed by atoms with Crippen LogP contribution < -0.4 is 0 Å². The van der Waals surface area contributed by atoms with Gasteiger partial charge in [0.05, 0.1) is 11.1 Å². The number of carbonyl (C=O) groups excluding carboxylic acids is 2. The van der Waals surface area contributed by atoms with Crippen molar-refractivity contribution in [2.45, 2.75) is 24.6 Å². The first-order valence-corrected chi connectivity index (χ1v) is 9.90. The monoisotopic (exact) mass is 455 g/mol. The number of hydrogen-bond acceptors (Lipinski definition) is 8. The van der Waals surface area contributed by atoms with Gasteiger partial charge in [0.1, 0.15) is 25.1 Å². The summed E-state index contributed by atoms with van der Waals surface area (Å²) < 4.78 is 32.5.